The van der Waals surface area contributed by atoms with Crippen molar-refractivity contribution in [3.63, 3.8) is 0 Å². The van der Waals surface area contributed by atoms with Crippen LogP contribution in [0.25, 0.3) is 0 Å². The van der Waals surface area contributed by atoms with Crippen LogP contribution in [0.2, 0.25) is 0 Å². The molecule has 1 aromatic rings. The number of phenols is 2. The summed E-state index contributed by atoms with van der Waals surface area (Å²) in [5.74, 6) is -2.03. The highest BCUT2D eigenvalue weighted by molar-refractivity contribution is 5.90. The van der Waals surface area contributed by atoms with E-state index in [1.54, 1.807) is 0 Å². The van der Waals surface area contributed by atoms with E-state index in [9.17, 15) is 24.9 Å². The summed E-state index contributed by atoms with van der Waals surface area (Å²) >= 11 is 0. The fraction of sp³-hybridized carbons (Fsp3) is 0.455. The molecular weight excluding hydrogens is 388 g/mol. The first-order valence-electron chi connectivity index (χ1n) is 10.0. The molecule has 2 rings (SSSR count). The summed E-state index contributed by atoms with van der Waals surface area (Å²) < 4.78 is 5.52. The Balaban J connectivity index is 2.64. The van der Waals surface area contributed by atoms with E-state index in [2.05, 4.69) is 12.2 Å². The van der Waals surface area contributed by atoms with Crippen molar-refractivity contribution in [3.8, 4) is 11.5 Å². The van der Waals surface area contributed by atoms with E-state index in [0.717, 1.165) is 12.7 Å². The molecular formula is C22H30N2O6. The lowest BCUT2D eigenvalue weighted by molar-refractivity contribution is -0.133. The molecule has 2 atom stereocenters. The number of carbonyl (C=O) groups is 2. The second-order valence-electron chi connectivity index (χ2n) is 7.54. The molecule has 8 heteroatoms. The topological polar surface area (TPSA) is 142 Å². The van der Waals surface area contributed by atoms with Gasteiger partial charge >= 0.3 is 5.97 Å². The van der Waals surface area contributed by atoms with E-state index in [-0.39, 0.29) is 49.2 Å². The normalized spacial score (nSPS) is 18.0. The summed E-state index contributed by atoms with van der Waals surface area (Å²) in [6.07, 6.45) is 2.34. The van der Waals surface area contributed by atoms with Gasteiger partial charge in [0.1, 0.15) is 17.8 Å². The molecule has 0 fully saturated rings. The molecule has 1 aliphatic rings. The van der Waals surface area contributed by atoms with Crippen molar-refractivity contribution in [2.24, 2.45) is 11.7 Å². The molecule has 1 aliphatic heterocycles. The number of hydrogen-bond acceptors (Lipinski definition) is 7. The average Bonchev–Trinajstić information content (AvgIpc) is 2.84. The largest absolute Gasteiger partial charge is 0.508 e. The molecule has 8 nitrogen and oxygen atoms in total. The number of phenolic OH excluding ortho intramolecular Hbond substituents is 2. The van der Waals surface area contributed by atoms with Gasteiger partial charge in [-0.15, -0.1) is 0 Å². The van der Waals surface area contributed by atoms with Crippen molar-refractivity contribution < 1.29 is 29.6 Å². The van der Waals surface area contributed by atoms with Crippen molar-refractivity contribution in [2.45, 2.75) is 39.0 Å². The smallest absolute Gasteiger partial charge is 0.334 e. The van der Waals surface area contributed by atoms with Crippen LogP contribution in [0.1, 0.15) is 44.6 Å². The first kappa shape index (κ1) is 23.4. The first-order chi connectivity index (χ1) is 14.3. The number of carboxylic acids is 1. The summed E-state index contributed by atoms with van der Waals surface area (Å²) in [4.78, 5) is 24.2. The number of carbonyl (C=O) groups excluding carboxylic acids is 1. The van der Waals surface area contributed by atoms with Crippen LogP contribution in [0, 0.1) is 5.92 Å². The van der Waals surface area contributed by atoms with E-state index < -0.39 is 11.9 Å². The van der Waals surface area contributed by atoms with Gasteiger partial charge in [0.15, 0.2) is 0 Å². The number of carboxylic acid groups (broad SMARTS) is 1. The SMILES string of the molecule is CCC(C)CC1=C(C=O)CC(c2cc(O)cc(O)c2)C(C(=O)O)=C(COCCN)N1. The average molecular weight is 418 g/mol. The molecule has 30 heavy (non-hydrogen) atoms. The molecule has 0 saturated carbocycles. The summed E-state index contributed by atoms with van der Waals surface area (Å²) in [7, 11) is 0. The van der Waals surface area contributed by atoms with Crippen LogP contribution in [-0.4, -0.2) is 47.3 Å². The van der Waals surface area contributed by atoms with E-state index in [4.69, 9.17) is 10.5 Å². The third-order valence-electron chi connectivity index (χ3n) is 5.25. The van der Waals surface area contributed by atoms with Gasteiger partial charge in [0.2, 0.25) is 0 Å². The minimum atomic E-state index is -1.17. The van der Waals surface area contributed by atoms with E-state index in [1.165, 1.54) is 18.2 Å². The monoisotopic (exact) mass is 418 g/mol. The maximum Gasteiger partial charge on any atom is 0.334 e. The van der Waals surface area contributed by atoms with E-state index >= 15 is 0 Å². The van der Waals surface area contributed by atoms with Crippen LogP contribution in [0.4, 0.5) is 0 Å². The Hall–Kier alpha value is -2.84. The summed E-state index contributed by atoms with van der Waals surface area (Å²) in [6, 6.07) is 3.96. The van der Waals surface area contributed by atoms with Crippen LogP contribution >= 0.6 is 0 Å². The minimum absolute atomic E-state index is 0.0176. The van der Waals surface area contributed by atoms with Gasteiger partial charge in [-0.25, -0.2) is 4.79 Å². The summed E-state index contributed by atoms with van der Waals surface area (Å²) in [6.45, 7) is 4.62. The van der Waals surface area contributed by atoms with Crippen molar-refractivity contribution in [2.75, 3.05) is 19.8 Å². The molecule has 0 amide bonds. The van der Waals surface area contributed by atoms with Crippen molar-refractivity contribution in [1.29, 1.82) is 0 Å². The van der Waals surface area contributed by atoms with Crippen molar-refractivity contribution >= 4 is 12.3 Å². The molecule has 0 saturated heterocycles. The third kappa shape index (κ3) is 5.84. The van der Waals surface area contributed by atoms with Crippen LogP contribution in [0.15, 0.2) is 40.7 Å². The Morgan fingerprint density at radius 1 is 1.30 bits per heavy atom. The van der Waals surface area contributed by atoms with Gasteiger partial charge in [0.25, 0.3) is 0 Å². The maximum absolute atomic E-state index is 12.3. The summed E-state index contributed by atoms with van der Waals surface area (Å²) in [5, 5.41) is 33.0. The van der Waals surface area contributed by atoms with Gasteiger partial charge in [-0.2, -0.15) is 0 Å². The zero-order valence-corrected chi connectivity index (χ0v) is 17.4. The zero-order chi connectivity index (χ0) is 22.3. The van der Waals surface area contributed by atoms with Gasteiger partial charge in [-0.05, 0) is 36.5 Å². The number of nitrogens with two attached hydrogens (primary N) is 1. The Morgan fingerprint density at radius 2 is 1.97 bits per heavy atom. The second-order valence-corrected chi connectivity index (χ2v) is 7.54. The first-order valence-corrected chi connectivity index (χ1v) is 10.0. The van der Waals surface area contributed by atoms with Gasteiger partial charge in [0, 0.05) is 29.8 Å². The molecule has 1 aromatic carbocycles. The number of aliphatic carboxylic acids is 1. The van der Waals surface area contributed by atoms with Crippen LogP contribution < -0.4 is 11.1 Å². The molecule has 0 radical (unpaired) electrons. The van der Waals surface area contributed by atoms with Gasteiger partial charge in [-0.3, -0.25) is 4.79 Å². The lowest BCUT2D eigenvalue weighted by atomic mass is 9.84. The number of benzene rings is 1. The number of rotatable bonds is 10. The highest BCUT2D eigenvalue weighted by atomic mass is 16.5. The van der Waals surface area contributed by atoms with Gasteiger partial charge in [0.05, 0.1) is 24.5 Å². The van der Waals surface area contributed by atoms with E-state index in [0.29, 0.717) is 29.0 Å². The van der Waals surface area contributed by atoms with E-state index in [1.807, 2.05) is 6.92 Å². The highest BCUT2D eigenvalue weighted by Crippen LogP contribution is 2.39. The number of hydrogen-bond donors (Lipinski definition) is 5. The van der Waals surface area contributed by atoms with Crippen LogP contribution in [-0.2, 0) is 14.3 Å². The molecule has 1 heterocycles. The third-order valence-corrected chi connectivity index (χ3v) is 5.25. The van der Waals surface area contributed by atoms with Crippen molar-refractivity contribution in [3.05, 3.63) is 46.3 Å². The second kappa shape index (κ2) is 10.8. The standard InChI is InChI=1S/C22H30N2O6/c1-3-13(2)6-19-15(11-25)9-18(14-7-16(26)10-17(27)8-14)21(22(28)29)20(24-19)12-30-5-4-23/h7-8,10-11,13,18,24,26-27H,3-6,9,12,23H2,1-2H3,(H,28,29). The number of aromatic hydroxyl groups is 2. The molecule has 0 aliphatic carbocycles. The molecule has 0 spiro atoms. The Kier molecular flexibility index (Phi) is 8.44. The lowest BCUT2D eigenvalue weighted by Crippen LogP contribution is -2.25. The molecule has 2 unspecified atom stereocenters. The van der Waals surface area contributed by atoms with Crippen molar-refractivity contribution in [1.82, 2.24) is 5.32 Å². The molecule has 0 bridgehead atoms. The minimum Gasteiger partial charge on any atom is -0.508 e. The Labute approximate surface area is 176 Å². The quantitative estimate of drug-likeness (QED) is 0.288. The lowest BCUT2D eigenvalue weighted by Gasteiger charge is -2.20. The van der Waals surface area contributed by atoms with Gasteiger partial charge < -0.3 is 31.1 Å². The highest BCUT2D eigenvalue weighted by Gasteiger charge is 2.32. The number of allylic oxidation sites excluding steroid dienone is 2. The predicted octanol–water partition coefficient (Wildman–Crippen LogP) is 2.38. The zero-order valence-electron chi connectivity index (χ0n) is 17.4. The van der Waals surface area contributed by atoms with Crippen LogP contribution in [0.5, 0.6) is 11.5 Å². The number of aldehydes is 1. The summed E-state index contributed by atoms with van der Waals surface area (Å²) in [5.41, 5.74) is 7.36. The molecule has 0 aromatic heterocycles. The Morgan fingerprint density at radius 3 is 2.50 bits per heavy atom. The molecule has 6 N–H and O–H groups in total. The predicted molar refractivity (Wildman–Crippen MR) is 112 cm³/mol. The fourth-order valence-corrected chi connectivity index (χ4v) is 3.53. The molecule has 164 valence electrons. The number of ether oxygens (including phenoxy) is 1. The van der Waals surface area contributed by atoms with Crippen LogP contribution in [0.3, 0.4) is 0 Å². The van der Waals surface area contributed by atoms with Gasteiger partial charge in [-0.1, -0.05) is 20.3 Å². The fourth-order valence-electron chi connectivity index (χ4n) is 3.53. The maximum atomic E-state index is 12.3. The Bertz CT molecular complexity index is 826. The number of nitrogens with one attached hydrogen (secondary N) is 1.